The Kier molecular flexibility index (Phi) is 5.20. The number of hydrogen-bond donors (Lipinski definition) is 2. The van der Waals surface area contributed by atoms with Crippen molar-refractivity contribution in [3.8, 4) is 28.5 Å². The molecule has 2 N–H and O–H groups in total. The number of halogens is 3. The van der Waals surface area contributed by atoms with Crippen molar-refractivity contribution in [2.24, 2.45) is 5.92 Å². The minimum atomic E-state index is -0.830. The van der Waals surface area contributed by atoms with Crippen LogP contribution in [-0.2, 0) is 4.79 Å². The van der Waals surface area contributed by atoms with Crippen molar-refractivity contribution in [2.45, 2.75) is 25.4 Å². The Bertz CT molecular complexity index is 1350. The fraction of sp³-hybridized carbons (Fsp3) is 0.217. The van der Waals surface area contributed by atoms with Gasteiger partial charge in [0.15, 0.2) is 5.82 Å². The van der Waals surface area contributed by atoms with Crippen LogP contribution in [0, 0.1) is 23.4 Å². The van der Waals surface area contributed by atoms with E-state index in [9.17, 15) is 18.0 Å². The van der Waals surface area contributed by atoms with E-state index in [1.54, 1.807) is 6.07 Å². The van der Waals surface area contributed by atoms with E-state index in [1.807, 2.05) is 0 Å². The van der Waals surface area contributed by atoms with Crippen molar-refractivity contribution in [1.29, 1.82) is 0 Å². The zero-order valence-electron chi connectivity index (χ0n) is 17.1. The maximum absolute atomic E-state index is 14.8. The molecule has 1 saturated carbocycles. The smallest absolute Gasteiger partial charge is 0.316 e. The number of ether oxygens (including phenoxy) is 1. The maximum atomic E-state index is 14.8. The number of carboxylic acid groups (broad SMARTS) is 1. The zero-order valence-corrected chi connectivity index (χ0v) is 17.1. The molecule has 168 valence electrons. The summed E-state index contributed by atoms with van der Waals surface area (Å²) in [5.41, 5.74) is 1.25. The lowest BCUT2D eigenvalue weighted by molar-refractivity contribution is -0.139. The third-order valence-electron chi connectivity index (χ3n) is 5.62. The quantitative estimate of drug-likeness (QED) is 0.437. The summed E-state index contributed by atoms with van der Waals surface area (Å²) in [7, 11) is 0. The fourth-order valence-corrected chi connectivity index (χ4v) is 3.92. The van der Waals surface area contributed by atoms with Crippen molar-refractivity contribution in [3.05, 3.63) is 60.2 Å². The van der Waals surface area contributed by atoms with Gasteiger partial charge in [-0.05, 0) is 42.5 Å². The van der Waals surface area contributed by atoms with Gasteiger partial charge in [0.25, 0.3) is 0 Å². The van der Waals surface area contributed by atoms with Crippen LogP contribution in [0.2, 0.25) is 0 Å². The molecule has 4 aromatic rings. The van der Waals surface area contributed by atoms with Gasteiger partial charge in [0.1, 0.15) is 29.1 Å². The van der Waals surface area contributed by atoms with Crippen LogP contribution < -0.4 is 4.74 Å². The van der Waals surface area contributed by atoms with Crippen LogP contribution in [0.15, 0.2) is 42.7 Å². The molecular weight excluding hydrogens is 437 g/mol. The molecule has 1 fully saturated rings. The molecule has 0 aliphatic heterocycles. The summed E-state index contributed by atoms with van der Waals surface area (Å²) in [6, 6.07) is 6.40. The number of fused-ring (bicyclic) bond motifs is 1. The van der Waals surface area contributed by atoms with E-state index < -0.39 is 23.4 Å². The number of aliphatic carboxylic acids is 1. The van der Waals surface area contributed by atoms with Crippen LogP contribution in [0.25, 0.3) is 33.5 Å². The molecule has 5 rings (SSSR count). The van der Waals surface area contributed by atoms with Crippen molar-refractivity contribution in [3.63, 3.8) is 0 Å². The lowest BCUT2D eigenvalue weighted by Crippen LogP contribution is -2.35. The van der Waals surface area contributed by atoms with Gasteiger partial charge >= 0.3 is 12.0 Å². The van der Waals surface area contributed by atoms with E-state index in [1.165, 1.54) is 24.5 Å². The molecule has 2 aromatic heterocycles. The average Bonchev–Trinajstić information content (AvgIpc) is 3.16. The first-order valence-electron chi connectivity index (χ1n) is 10.2. The van der Waals surface area contributed by atoms with E-state index in [0.29, 0.717) is 24.0 Å². The molecule has 0 spiro atoms. The summed E-state index contributed by atoms with van der Waals surface area (Å²) in [6.07, 6.45) is 4.30. The van der Waals surface area contributed by atoms with E-state index in [2.05, 4.69) is 19.9 Å². The second-order valence-corrected chi connectivity index (χ2v) is 7.99. The largest absolute Gasteiger partial charge is 0.481 e. The molecule has 0 atom stereocenters. The van der Waals surface area contributed by atoms with Crippen LogP contribution in [-0.4, -0.2) is 37.1 Å². The van der Waals surface area contributed by atoms with Crippen molar-refractivity contribution < 1.29 is 27.8 Å². The Morgan fingerprint density at radius 3 is 2.52 bits per heavy atom. The summed E-state index contributed by atoms with van der Waals surface area (Å²) in [6.45, 7) is 0. The van der Waals surface area contributed by atoms with Crippen LogP contribution in [0.1, 0.15) is 19.3 Å². The highest BCUT2D eigenvalue weighted by molar-refractivity contribution is 5.80. The second kappa shape index (κ2) is 8.19. The Labute approximate surface area is 185 Å². The van der Waals surface area contributed by atoms with E-state index >= 15 is 0 Å². The summed E-state index contributed by atoms with van der Waals surface area (Å²) < 4.78 is 47.8. The van der Waals surface area contributed by atoms with Crippen LogP contribution in [0.4, 0.5) is 13.2 Å². The molecule has 0 radical (unpaired) electrons. The Morgan fingerprint density at radius 2 is 1.82 bits per heavy atom. The number of nitrogens with one attached hydrogen (secondary N) is 1. The first kappa shape index (κ1) is 20.9. The molecule has 0 saturated heterocycles. The highest BCUT2D eigenvalue weighted by Gasteiger charge is 2.32. The first-order chi connectivity index (χ1) is 15.9. The average molecular weight is 454 g/mol. The Morgan fingerprint density at radius 1 is 1.06 bits per heavy atom. The number of nitrogens with zero attached hydrogens (tertiary/aromatic N) is 3. The highest BCUT2D eigenvalue weighted by atomic mass is 19.1. The summed E-state index contributed by atoms with van der Waals surface area (Å²) in [5, 5.41) is 8.79. The van der Waals surface area contributed by atoms with Crippen LogP contribution in [0.5, 0.6) is 6.01 Å². The number of H-pyrrole nitrogens is 1. The fourth-order valence-electron chi connectivity index (χ4n) is 3.92. The lowest BCUT2D eigenvalue weighted by Gasteiger charge is -2.33. The molecule has 1 aliphatic carbocycles. The van der Waals surface area contributed by atoms with E-state index in [0.717, 1.165) is 12.1 Å². The van der Waals surface area contributed by atoms with Crippen LogP contribution >= 0.6 is 0 Å². The number of rotatable bonds is 6. The molecule has 2 heterocycles. The van der Waals surface area contributed by atoms with Gasteiger partial charge in [-0.25, -0.2) is 28.1 Å². The topological polar surface area (TPSA) is 101 Å². The number of imidazole rings is 1. The standard InChI is InChI=1S/C23H17F3N4O3/c24-14-7-18(26)21-19(8-14)29-22(30-21)16-2-1-12(6-17(16)25)13-9-27-23(28-10-13)33-15-3-11(4-15)5-20(31)32/h1-2,6-11,15H,3-5H2,(H,29,30)(H,31,32). The van der Waals surface area contributed by atoms with Gasteiger partial charge in [0.05, 0.1) is 11.1 Å². The zero-order chi connectivity index (χ0) is 23.1. The molecule has 1 aliphatic rings. The van der Waals surface area contributed by atoms with Crippen molar-refractivity contribution in [2.75, 3.05) is 0 Å². The maximum Gasteiger partial charge on any atom is 0.316 e. The Balaban J connectivity index is 1.30. The van der Waals surface area contributed by atoms with Crippen molar-refractivity contribution >= 4 is 17.0 Å². The van der Waals surface area contributed by atoms with Gasteiger partial charge in [0, 0.05) is 30.4 Å². The summed E-state index contributed by atoms with van der Waals surface area (Å²) >= 11 is 0. The SMILES string of the molecule is O=C(O)CC1CC(Oc2ncc(-c3ccc(-c4nc5c(F)cc(F)cc5[nH]4)c(F)c3)cn2)C1. The molecule has 0 amide bonds. The van der Waals surface area contributed by atoms with Gasteiger partial charge in [0.2, 0.25) is 0 Å². The minimum absolute atomic E-state index is 0.0698. The molecular formula is C23H17F3N4O3. The van der Waals surface area contributed by atoms with Gasteiger partial charge in [-0.2, -0.15) is 0 Å². The summed E-state index contributed by atoms with van der Waals surface area (Å²) in [4.78, 5) is 25.8. The van der Waals surface area contributed by atoms with E-state index in [-0.39, 0.29) is 46.9 Å². The number of benzene rings is 2. The number of carbonyl (C=O) groups is 1. The van der Waals surface area contributed by atoms with Gasteiger partial charge < -0.3 is 14.8 Å². The highest BCUT2D eigenvalue weighted by Crippen LogP contribution is 2.33. The van der Waals surface area contributed by atoms with Crippen LogP contribution in [0.3, 0.4) is 0 Å². The first-order valence-corrected chi connectivity index (χ1v) is 10.2. The molecule has 10 heteroatoms. The Hall–Kier alpha value is -3.95. The number of carboxylic acids is 1. The molecule has 0 unspecified atom stereocenters. The van der Waals surface area contributed by atoms with E-state index in [4.69, 9.17) is 9.84 Å². The normalized spacial score (nSPS) is 17.7. The van der Waals surface area contributed by atoms with Crippen molar-refractivity contribution in [1.82, 2.24) is 19.9 Å². The van der Waals surface area contributed by atoms with Gasteiger partial charge in [-0.1, -0.05) is 6.07 Å². The molecule has 0 bridgehead atoms. The molecule has 7 nitrogen and oxygen atoms in total. The van der Waals surface area contributed by atoms with Gasteiger partial charge in [-0.3, -0.25) is 4.79 Å². The lowest BCUT2D eigenvalue weighted by atomic mass is 9.80. The third kappa shape index (κ3) is 4.23. The third-order valence-corrected chi connectivity index (χ3v) is 5.62. The monoisotopic (exact) mass is 454 g/mol. The second-order valence-electron chi connectivity index (χ2n) is 7.99. The molecule has 33 heavy (non-hydrogen) atoms. The predicted molar refractivity (Wildman–Crippen MR) is 112 cm³/mol. The number of aromatic nitrogens is 4. The summed E-state index contributed by atoms with van der Waals surface area (Å²) in [5.74, 6) is -2.82. The minimum Gasteiger partial charge on any atom is -0.481 e. The molecule has 2 aromatic carbocycles. The number of hydrogen-bond acceptors (Lipinski definition) is 5. The van der Waals surface area contributed by atoms with Gasteiger partial charge in [-0.15, -0.1) is 0 Å². The predicted octanol–water partition coefficient (Wildman–Crippen LogP) is 4.74. The number of aromatic amines is 1.